The molecule has 0 aliphatic carbocycles. The van der Waals surface area contributed by atoms with Crippen molar-refractivity contribution in [3.63, 3.8) is 0 Å². The zero-order chi connectivity index (χ0) is 34.8. The molecule has 13 heteroatoms. The summed E-state index contributed by atoms with van der Waals surface area (Å²) in [6.07, 6.45) is 1.82. The number of hydrogen-bond acceptors (Lipinski definition) is 6. The highest BCUT2D eigenvalue weighted by atomic mass is 35.5. The minimum atomic E-state index is -3.03. The summed E-state index contributed by atoms with van der Waals surface area (Å²) in [7, 11) is -3.03. The Balaban J connectivity index is 0.00000541. The average Bonchev–Trinajstić information content (AvgIpc) is 3.42. The van der Waals surface area contributed by atoms with E-state index in [0.29, 0.717) is 78.0 Å². The molecule has 0 spiro atoms. The molecule has 266 valence electrons. The Morgan fingerprint density at radius 2 is 1.49 bits per heavy atom. The Bertz CT molecular complexity index is 1760. The molecule has 3 aromatic carbocycles. The molecule has 0 radical (unpaired) electrons. The summed E-state index contributed by atoms with van der Waals surface area (Å²) >= 11 is 19.6. The maximum Gasteiger partial charge on any atom is 0.326 e. The summed E-state index contributed by atoms with van der Waals surface area (Å²) in [6.45, 7) is 11.6. The van der Waals surface area contributed by atoms with Crippen molar-refractivity contribution in [2.45, 2.75) is 51.6 Å². The second kappa shape index (κ2) is 16.2. The van der Waals surface area contributed by atoms with Crippen LogP contribution in [0.4, 0.5) is 4.79 Å². The Labute approximate surface area is 311 Å². The first-order valence-electron chi connectivity index (χ1n) is 16.2. The molecule has 2 aliphatic heterocycles. The highest BCUT2D eigenvalue weighted by Gasteiger charge is 2.45. The number of amides is 2. The van der Waals surface area contributed by atoms with Crippen LogP contribution in [0.5, 0.6) is 5.75 Å². The summed E-state index contributed by atoms with van der Waals surface area (Å²) in [5.74, 6) is 1.22. The largest absolute Gasteiger partial charge is 0.493 e. The predicted octanol–water partition coefficient (Wildman–Crippen LogP) is 8.48. The Morgan fingerprint density at radius 3 is 2.02 bits per heavy atom. The van der Waals surface area contributed by atoms with E-state index in [4.69, 9.17) is 44.5 Å². The van der Waals surface area contributed by atoms with Gasteiger partial charge in [0.1, 0.15) is 27.5 Å². The summed E-state index contributed by atoms with van der Waals surface area (Å²) in [5.41, 5.74) is 3.11. The van der Waals surface area contributed by atoms with E-state index >= 15 is 0 Å². The van der Waals surface area contributed by atoms with Crippen LogP contribution < -0.4 is 4.74 Å². The first-order chi connectivity index (χ1) is 22.7. The first-order valence-corrected chi connectivity index (χ1v) is 19.4. The molecule has 8 nitrogen and oxygen atoms in total. The van der Waals surface area contributed by atoms with Gasteiger partial charge >= 0.3 is 6.03 Å². The molecule has 0 unspecified atom stereocenters. The molecule has 3 aromatic rings. The minimum absolute atomic E-state index is 0. The van der Waals surface area contributed by atoms with Crippen molar-refractivity contribution in [1.82, 2.24) is 14.7 Å². The molecular formula is C36H44Cl4N4O4S. The lowest BCUT2D eigenvalue weighted by Gasteiger charge is -2.39. The van der Waals surface area contributed by atoms with Gasteiger partial charge in [0.15, 0.2) is 0 Å². The van der Waals surface area contributed by atoms with Crippen LogP contribution in [0.15, 0.2) is 65.7 Å². The molecule has 2 aliphatic rings. The summed E-state index contributed by atoms with van der Waals surface area (Å²) in [4.78, 5) is 26.0. The van der Waals surface area contributed by atoms with Gasteiger partial charge in [0.05, 0.1) is 24.0 Å². The molecule has 5 rings (SSSR count). The number of carbonyl (C=O) groups excluding carboxylic acids is 1. The number of hydrogen-bond donors (Lipinski definition) is 0. The lowest BCUT2D eigenvalue weighted by molar-refractivity contribution is 0.119. The van der Waals surface area contributed by atoms with Crippen molar-refractivity contribution in [1.29, 1.82) is 0 Å². The fourth-order valence-electron chi connectivity index (χ4n) is 6.30. The smallest absolute Gasteiger partial charge is 0.326 e. The van der Waals surface area contributed by atoms with E-state index in [2.05, 4.69) is 25.7 Å². The highest BCUT2D eigenvalue weighted by Crippen LogP contribution is 2.46. The lowest BCUT2D eigenvalue weighted by Crippen LogP contribution is -2.54. The van der Waals surface area contributed by atoms with Gasteiger partial charge in [-0.2, -0.15) is 0 Å². The van der Waals surface area contributed by atoms with Gasteiger partial charge in [0, 0.05) is 47.5 Å². The molecule has 1 saturated heterocycles. The minimum Gasteiger partial charge on any atom is -0.493 e. The van der Waals surface area contributed by atoms with Crippen LogP contribution in [0.3, 0.4) is 0 Å². The molecule has 0 N–H and O–H groups in total. The van der Waals surface area contributed by atoms with E-state index in [0.717, 1.165) is 16.7 Å². The number of benzene rings is 3. The molecule has 2 atom stereocenters. The van der Waals surface area contributed by atoms with Crippen LogP contribution >= 0.6 is 47.2 Å². The molecule has 1 fully saturated rings. The van der Waals surface area contributed by atoms with Crippen LogP contribution in [0.1, 0.15) is 68.5 Å². The van der Waals surface area contributed by atoms with E-state index in [-0.39, 0.29) is 29.6 Å². The third kappa shape index (κ3) is 9.43. The fraction of sp³-hybridized carbons (Fsp3) is 0.444. The second-order valence-electron chi connectivity index (χ2n) is 13.4. The van der Waals surface area contributed by atoms with Crippen molar-refractivity contribution in [2.24, 2.45) is 4.99 Å². The number of ether oxygens (including phenoxy) is 1. The average molecular weight is 771 g/mol. The lowest BCUT2D eigenvalue weighted by atomic mass is 9.86. The van der Waals surface area contributed by atoms with E-state index < -0.39 is 21.9 Å². The van der Waals surface area contributed by atoms with Crippen LogP contribution in [0.25, 0.3) is 0 Å². The van der Waals surface area contributed by atoms with E-state index in [9.17, 15) is 13.2 Å². The predicted molar refractivity (Wildman–Crippen MR) is 203 cm³/mol. The maximum atomic E-state index is 14.9. The highest BCUT2D eigenvalue weighted by molar-refractivity contribution is 7.90. The number of piperazine rings is 1. The Hall–Kier alpha value is -2.53. The third-order valence-corrected chi connectivity index (χ3v) is 10.6. The normalized spacial score (nSPS) is 18.7. The van der Waals surface area contributed by atoms with Gasteiger partial charge in [-0.15, -0.1) is 12.4 Å². The number of rotatable bonds is 9. The van der Waals surface area contributed by atoms with E-state index in [1.165, 1.54) is 6.26 Å². The van der Waals surface area contributed by atoms with E-state index in [1.54, 1.807) is 4.90 Å². The molecule has 0 bridgehead atoms. The van der Waals surface area contributed by atoms with Gasteiger partial charge in [-0.1, -0.05) is 79.8 Å². The van der Waals surface area contributed by atoms with Crippen LogP contribution in [-0.2, 0) is 15.3 Å². The van der Waals surface area contributed by atoms with Crippen molar-refractivity contribution in [3.8, 4) is 5.75 Å². The zero-order valence-corrected chi connectivity index (χ0v) is 32.4. The van der Waals surface area contributed by atoms with Gasteiger partial charge in [-0.25, -0.2) is 13.2 Å². The quantitative estimate of drug-likeness (QED) is 0.218. The SMILES string of the molecule is CCOc1cc(C(C)(C)C)c(Cl)cc1C1=N[C@@H](c2ccc(Cl)cc2)[C@@H](c2ccc(Cl)cc2)N1C(=O)N1CCN(CCCS(C)(=O)=O)CC1.Cl. The van der Waals surface area contributed by atoms with Crippen molar-refractivity contribution in [2.75, 3.05) is 51.3 Å². The Morgan fingerprint density at radius 1 is 0.918 bits per heavy atom. The molecule has 0 saturated carbocycles. The third-order valence-electron chi connectivity index (χ3n) is 8.75. The monoisotopic (exact) mass is 768 g/mol. The summed E-state index contributed by atoms with van der Waals surface area (Å²) < 4.78 is 29.5. The van der Waals surface area contributed by atoms with Gasteiger partial charge in [-0.05, 0) is 78.4 Å². The molecular weight excluding hydrogens is 726 g/mol. The molecule has 2 amide bonds. The number of nitrogens with zero attached hydrogens (tertiary/aromatic N) is 4. The number of amidine groups is 1. The number of carbonyl (C=O) groups is 1. The van der Waals surface area contributed by atoms with Crippen LogP contribution in [-0.4, -0.2) is 86.3 Å². The summed E-state index contributed by atoms with van der Waals surface area (Å²) in [5, 5.41) is 1.76. The van der Waals surface area contributed by atoms with Crippen LogP contribution in [0.2, 0.25) is 15.1 Å². The fourth-order valence-corrected chi connectivity index (χ4v) is 7.65. The van der Waals surface area contributed by atoms with Crippen molar-refractivity contribution >= 4 is 68.9 Å². The number of sulfone groups is 1. The molecule has 0 aromatic heterocycles. The first kappa shape index (κ1) is 39.3. The topological polar surface area (TPSA) is 82.5 Å². The van der Waals surface area contributed by atoms with E-state index in [1.807, 2.05) is 72.5 Å². The van der Waals surface area contributed by atoms with Crippen molar-refractivity contribution < 1.29 is 17.9 Å². The van der Waals surface area contributed by atoms with Gasteiger partial charge in [0.2, 0.25) is 0 Å². The number of urea groups is 1. The maximum absolute atomic E-state index is 14.9. The van der Waals surface area contributed by atoms with Gasteiger partial charge in [0.25, 0.3) is 0 Å². The standard InChI is InChI=1S/C36H43Cl3N4O4S.ClH/c1-6-47-31-23-29(36(2,3)4)30(39)22-28(31)34-40-32(24-8-12-26(37)13-9-24)33(25-10-14-27(38)15-11-25)43(34)35(44)42-19-17-41(18-20-42)16-7-21-48(5,45)46;/h8-15,22-23,32-33H,6-7,16-21H2,1-5H3;1H/t32-,33+;/m0./s1. The second-order valence-corrected chi connectivity index (χ2v) is 17.0. The van der Waals surface area contributed by atoms with Crippen LogP contribution in [0, 0.1) is 0 Å². The zero-order valence-electron chi connectivity index (χ0n) is 28.5. The summed E-state index contributed by atoms with van der Waals surface area (Å²) in [6, 6.07) is 17.8. The Kier molecular flexibility index (Phi) is 13.0. The van der Waals surface area contributed by atoms with Gasteiger partial charge < -0.3 is 9.64 Å². The van der Waals surface area contributed by atoms with Gasteiger partial charge in [-0.3, -0.25) is 14.8 Å². The van der Waals surface area contributed by atoms with Crippen molar-refractivity contribution in [3.05, 3.63) is 98.0 Å². The molecule has 2 heterocycles. The molecule has 49 heavy (non-hydrogen) atoms. The number of aliphatic imine (C=N–C) groups is 1. The number of halogens is 4.